The molecule has 0 aliphatic heterocycles. The van der Waals surface area contributed by atoms with Crippen LogP contribution in [0.5, 0.6) is 0 Å². The Bertz CT molecular complexity index is 887. The predicted molar refractivity (Wildman–Crippen MR) is 101 cm³/mol. The van der Waals surface area contributed by atoms with Crippen LogP contribution < -0.4 is 10.6 Å². The van der Waals surface area contributed by atoms with Crippen molar-refractivity contribution >= 4 is 29.6 Å². The molecule has 2 N–H and O–H groups in total. The topological polar surface area (TPSA) is 120 Å². The van der Waals surface area contributed by atoms with E-state index in [1.165, 1.54) is 0 Å². The van der Waals surface area contributed by atoms with Crippen molar-refractivity contribution in [3.63, 3.8) is 0 Å². The van der Waals surface area contributed by atoms with Gasteiger partial charge in [-0.3, -0.25) is 14.9 Å². The fraction of sp³-hybridized carbons (Fsp3) is 0.474. The molecular formula is C19H26N2O7. The lowest BCUT2D eigenvalue weighted by Crippen LogP contribution is -2.41. The van der Waals surface area contributed by atoms with E-state index in [9.17, 15) is 19.2 Å². The van der Waals surface area contributed by atoms with Crippen LogP contribution in [-0.2, 0) is 23.8 Å². The number of hydrogen-bond donors (Lipinski definition) is 2. The standard InChI is InChI=1S/C19H26N2O7/c1-19(2,3)28-18(25)20-13-8-6-12(7-9-13)16(23)21-14(17(24)27-5)10-11-15(22)26-4/h6-9,14H,10-11H2,1-5H3,(H,20,25)(H,21,23)/t14-/m0/s1/i6D,7D,8D,9D. The molecule has 9 heteroatoms. The summed E-state index contributed by atoms with van der Waals surface area (Å²) in [6, 6.07) is -4.16. The summed E-state index contributed by atoms with van der Waals surface area (Å²) in [4.78, 5) is 48.0. The minimum atomic E-state index is -1.30. The van der Waals surface area contributed by atoms with Gasteiger partial charge in [0.15, 0.2) is 0 Å². The summed E-state index contributed by atoms with van der Waals surface area (Å²) in [5.74, 6) is -2.60. The molecular weight excluding hydrogens is 368 g/mol. The minimum absolute atomic E-state index is 0.175. The molecule has 1 aromatic carbocycles. The quantitative estimate of drug-likeness (QED) is 0.534. The lowest BCUT2D eigenvalue weighted by molar-refractivity contribution is -0.144. The highest BCUT2D eigenvalue weighted by Gasteiger charge is 2.23. The number of hydrogen-bond acceptors (Lipinski definition) is 7. The van der Waals surface area contributed by atoms with E-state index in [-0.39, 0.29) is 12.8 Å². The number of amides is 2. The van der Waals surface area contributed by atoms with Gasteiger partial charge in [-0.05, 0) is 51.4 Å². The van der Waals surface area contributed by atoms with E-state index < -0.39 is 71.0 Å². The van der Waals surface area contributed by atoms with E-state index in [2.05, 4.69) is 20.1 Å². The van der Waals surface area contributed by atoms with E-state index in [1.807, 2.05) is 0 Å². The van der Waals surface area contributed by atoms with E-state index in [1.54, 1.807) is 20.8 Å². The van der Waals surface area contributed by atoms with E-state index in [0.717, 1.165) is 14.2 Å². The van der Waals surface area contributed by atoms with Crippen molar-refractivity contribution in [1.29, 1.82) is 0 Å². The van der Waals surface area contributed by atoms with Crippen LogP contribution in [0.4, 0.5) is 10.5 Å². The summed E-state index contributed by atoms with van der Waals surface area (Å²) >= 11 is 0. The smallest absolute Gasteiger partial charge is 0.412 e. The third-order valence-electron chi connectivity index (χ3n) is 3.13. The molecule has 0 saturated heterocycles. The summed E-state index contributed by atoms with van der Waals surface area (Å²) < 4.78 is 46.4. The van der Waals surface area contributed by atoms with Gasteiger partial charge in [-0.25, -0.2) is 9.59 Å². The summed E-state index contributed by atoms with van der Waals surface area (Å²) in [6.07, 6.45) is -1.39. The summed E-state index contributed by atoms with van der Waals surface area (Å²) in [7, 11) is 2.23. The highest BCUT2D eigenvalue weighted by molar-refractivity contribution is 5.97. The van der Waals surface area contributed by atoms with E-state index >= 15 is 0 Å². The maximum Gasteiger partial charge on any atom is 0.412 e. The van der Waals surface area contributed by atoms with Crippen molar-refractivity contribution in [2.45, 2.75) is 45.3 Å². The first-order chi connectivity index (χ1) is 14.7. The van der Waals surface area contributed by atoms with Gasteiger partial charge in [0.05, 0.1) is 19.7 Å². The van der Waals surface area contributed by atoms with Crippen LogP contribution in [0.3, 0.4) is 0 Å². The van der Waals surface area contributed by atoms with Gasteiger partial charge in [-0.2, -0.15) is 0 Å². The number of methoxy groups -OCH3 is 2. The molecule has 0 saturated carbocycles. The number of carbonyl (C=O) groups is 4. The second kappa shape index (κ2) is 10.3. The van der Waals surface area contributed by atoms with Crippen LogP contribution in [0.1, 0.15) is 49.5 Å². The fourth-order valence-electron chi connectivity index (χ4n) is 1.88. The predicted octanol–water partition coefficient (Wildman–Crippen LogP) is 2.26. The van der Waals surface area contributed by atoms with E-state index in [4.69, 9.17) is 10.2 Å². The molecule has 0 fully saturated rings. The SMILES string of the molecule is [2H]c1c([2H])c(C(=O)N[C@@H](CCC(=O)OC)C(=O)OC)c([2H])c([2H])c1NC(=O)OC(C)(C)C. The van der Waals surface area contributed by atoms with Crippen molar-refractivity contribution in [3.05, 3.63) is 29.7 Å². The third kappa shape index (κ3) is 8.07. The van der Waals surface area contributed by atoms with Gasteiger partial charge in [-0.15, -0.1) is 0 Å². The second-order valence-electron chi connectivity index (χ2n) is 6.54. The van der Waals surface area contributed by atoms with E-state index in [0.29, 0.717) is 0 Å². The maximum absolute atomic E-state index is 12.7. The number of anilines is 1. The number of esters is 2. The Kier molecular flexibility index (Phi) is 6.26. The molecule has 9 nitrogen and oxygen atoms in total. The first-order valence-electron chi connectivity index (χ1n) is 10.3. The average Bonchev–Trinajstić information content (AvgIpc) is 2.70. The minimum Gasteiger partial charge on any atom is -0.469 e. The largest absolute Gasteiger partial charge is 0.469 e. The normalized spacial score (nSPS) is 13.8. The highest BCUT2D eigenvalue weighted by atomic mass is 16.6. The summed E-state index contributed by atoms with van der Waals surface area (Å²) in [5, 5.41) is 4.41. The molecule has 2 amide bonds. The van der Waals surface area contributed by atoms with Gasteiger partial charge in [0.2, 0.25) is 0 Å². The van der Waals surface area contributed by atoms with Crippen LogP contribution >= 0.6 is 0 Å². The molecule has 0 aromatic heterocycles. The lowest BCUT2D eigenvalue weighted by atomic mass is 10.1. The lowest BCUT2D eigenvalue weighted by Gasteiger charge is -2.19. The Morgan fingerprint density at radius 1 is 1.07 bits per heavy atom. The van der Waals surface area contributed by atoms with Crippen LogP contribution in [0.15, 0.2) is 24.2 Å². The number of rotatable bonds is 7. The Morgan fingerprint density at radius 3 is 2.18 bits per heavy atom. The van der Waals surface area contributed by atoms with Gasteiger partial charge < -0.3 is 19.5 Å². The molecule has 1 atom stereocenters. The van der Waals surface area contributed by atoms with Gasteiger partial charge >= 0.3 is 18.0 Å². The molecule has 0 aliphatic rings. The molecule has 0 bridgehead atoms. The van der Waals surface area contributed by atoms with Crippen LogP contribution in [0.25, 0.3) is 0 Å². The zero-order chi connectivity index (χ0) is 24.8. The molecule has 0 aliphatic carbocycles. The third-order valence-corrected chi connectivity index (χ3v) is 3.13. The molecule has 0 radical (unpaired) electrons. The van der Waals surface area contributed by atoms with Crippen LogP contribution in [-0.4, -0.2) is 49.8 Å². The van der Waals surface area contributed by atoms with Gasteiger partial charge in [0.25, 0.3) is 5.91 Å². The van der Waals surface area contributed by atoms with Gasteiger partial charge in [0.1, 0.15) is 11.6 Å². The monoisotopic (exact) mass is 398 g/mol. The first kappa shape index (κ1) is 17.0. The number of carbonyl (C=O) groups excluding carboxylic acids is 4. The maximum atomic E-state index is 12.7. The Balaban J connectivity index is 3.24. The van der Waals surface area contributed by atoms with Crippen LogP contribution in [0.2, 0.25) is 0 Å². The van der Waals surface area contributed by atoms with Gasteiger partial charge in [0, 0.05) is 17.7 Å². The zero-order valence-electron chi connectivity index (χ0n) is 20.3. The molecule has 154 valence electrons. The molecule has 0 spiro atoms. The van der Waals surface area contributed by atoms with Crippen molar-refractivity contribution in [1.82, 2.24) is 5.32 Å². The van der Waals surface area contributed by atoms with Crippen molar-refractivity contribution in [2.75, 3.05) is 19.5 Å². The van der Waals surface area contributed by atoms with Crippen molar-refractivity contribution in [2.24, 2.45) is 0 Å². The number of ether oxygens (including phenoxy) is 3. The molecule has 0 unspecified atom stereocenters. The molecule has 28 heavy (non-hydrogen) atoms. The Hall–Kier alpha value is -3.10. The average molecular weight is 398 g/mol. The number of benzene rings is 1. The fourth-order valence-corrected chi connectivity index (χ4v) is 1.88. The first-order valence-corrected chi connectivity index (χ1v) is 8.29. The molecule has 1 aromatic rings. The molecule has 1 rings (SSSR count). The summed E-state index contributed by atoms with van der Waals surface area (Å²) in [6.45, 7) is 4.81. The Labute approximate surface area is 169 Å². The van der Waals surface area contributed by atoms with Crippen molar-refractivity contribution < 1.29 is 38.9 Å². The van der Waals surface area contributed by atoms with Crippen LogP contribution in [0, 0.1) is 0 Å². The van der Waals surface area contributed by atoms with Crippen molar-refractivity contribution in [3.8, 4) is 0 Å². The second-order valence-corrected chi connectivity index (χ2v) is 6.54. The summed E-state index contributed by atoms with van der Waals surface area (Å²) in [5.41, 5.74) is -1.99. The zero-order valence-corrected chi connectivity index (χ0v) is 16.3. The Morgan fingerprint density at radius 2 is 1.68 bits per heavy atom. The highest BCUT2D eigenvalue weighted by Crippen LogP contribution is 2.13. The number of nitrogens with one attached hydrogen (secondary N) is 2. The van der Waals surface area contributed by atoms with Gasteiger partial charge in [-0.1, -0.05) is 0 Å². The molecule has 0 heterocycles.